The molecule has 0 saturated heterocycles. The average Bonchev–Trinajstić information content (AvgIpc) is 2.37. The van der Waals surface area contributed by atoms with Crippen LogP contribution in [-0.4, -0.2) is 27.4 Å². The predicted molar refractivity (Wildman–Crippen MR) is 74.9 cm³/mol. The van der Waals surface area contributed by atoms with Crippen LogP contribution in [0.4, 0.5) is 5.82 Å². The zero-order valence-electron chi connectivity index (χ0n) is 12.1. The molecule has 5 nitrogen and oxygen atoms in total. The number of aliphatic hydroxyl groups is 1. The number of nitrogens with zero attached hydrogens (tertiary/aromatic N) is 3. The Morgan fingerprint density at radius 1 is 1.26 bits per heavy atom. The van der Waals surface area contributed by atoms with Crippen LogP contribution >= 0.6 is 0 Å². The van der Waals surface area contributed by atoms with Gasteiger partial charge in [-0.15, -0.1) is 5.10 Å². The van der Waals surface area contributed by atoms with Crippen LogP contribution in [0.25, 0.3) is 0 Å². The number of nitrogens with one attached hydrogen (secondary N) is 1. The van der Waals surface area contributed by atoms with E-state index in [0.29, 0.717) is 17.8 Å². The van der Waals surface area contributed by atoms with E-state index in [4.69, 9.17) is 5.11 Å². The standard InChI is InChI=1S/C14H22N4O/c1-5-10-11(9-15)13(18-17-12(10)6-2)16-14(3,4)7-8-19/h19H,5-8H2,1-4H3,(H,16,18). The van der Waals surface area contributed by atoms with Gasteiger partial charge in [0.15, 0.2) is 5.82 Å². The van der Waals surface area contributed by atoms with Crippen LogP contribution in [0.2, 0.25) is 0 Å². The third-order valence-corrected chi connectivity index (χ3v) is 3.15. The van der Waals surface area contributed by atoms with Gasteiger partial charge in [-0.1, -0.05) is 13.8 Å². The molecule has 1 aromatic heterocycles. The number of hydrogen-bond donors (Lipinski definition) is 2. The zero-order valence-corrected chi connectivity index (χ0v) is 12.1. The molecule has 0 spiro atoms. The summed E-state index contributed by atoms with van der Waals surface area (Å²) in [5.74, 6) is 0.509. The summed E-state index contributed by atoms with van der Waals surface area (Å²) in [6.45, 7) is 8.03. The minimum atomic E-state index is -0.326. The first-order valence-corrected chi connectivity index (χ1v) is 6.66. The molecular formula is C14H22N4O. The molecule has 1 heterocycles. The smallest absolute Gasteiger partial charge is 0.167 e. The summed E-state index contributed by atoms with van der Waals surface area (Å²) >= 11 is 0. The molecule has 0 saturated carbocycles. The summed E-state index contributed by atoms with van der Waals surface area (Å²) in [5.41, 5.74) is 2.08. The first kappa shape index (κ1) is 15.4. The maximum atomic E-state index is 9.37. The summed E-state index contributed by atoms with van der Waals surface area (Å²) in [6.07, 6.45) is 2.11. The van der Waals surface area contributed by atoms with E-state index in [1.165, 1.54) is 0 Å². The van der Waals surface area contributed by atoms with Crippen LogP contribution in [0.5, 0.6) is 0 Å². The number of anilines is 1. The molecule has 0 aliphatic carbocycles. The normalized spacial score (nSPS) is 11.2. The molecule has 0 fully saturated rings. The molecular weight excluding hydrogens is 240 g/mol. The fourth-order valence-corrected chi connectivity index (χ4v) is 2.04. The fourth-order valence-electron chi connectivity index (χ4n) is 2.04. The molecule has 0 aliphatic rings. The van der Waals surface area contributed by atoms with Gasteiger partial charge in [0.2, 0.25) is 0 Å². The maximum absolute atomic E-state index is 9.37. The van der Waals surface area contributed by atoms with Crippen LogP contribution in [-0.2, 0) is 12.8 Å². The van der Waals surface area contributed by atoms with Crippen LogP contribution in [0.1, 0.15) is 50.9 Å². The Labute approximate surface area is 114 Å². The van der Waals surface area contributed by atoms with Gasteiger partial charge >= 0.3 is 0 Å². The lowest BCUT2D eigenvalue weighted by molar-refractivity contribution is 0.260. The van der Waals surface area contributed by atoms with Crippen molar-refractivity contribution in [3.05, 3.63) is 16.8 Å². The van der Waals surface area contributed by atoms with Crippen molar-refractivity contribution in [2.24, 2.45) is 0 Å². The lowest BCUT2D eigenvalue weighted by Crippen LogP contribution is -2.33. The number of nitriles is 1. The van der Waals surface area contributed by atoms with Crippen LogP contribution < -0.4 is 5.32 Å². The highest BCUT2D eigenvalue weighted by molar-refractivity contribution is 5.57. The summed E-state index contributed by atoms with van der Waals surface area (Å²) in [6, 6.07) is 2.23. The van der Waals surface area contributed by atoms with Crippen LogP contribution in [0.15, 0.2) is 0 Å². The highest BCUT2D eigenvalue weighted by Gasteiger charge is 2.21. The number of aromatic nitrogens is 2. The summed E-state index contributed by atoms with van der Waals surface area (Å²) in [4.78, 5) is 0. The van der Waals surface area contributed by atoms with E-state index in [-0.39, 0.29) is 12.1 Å². The molecule has 0 atom stereocenters. The van der Waals surface area contributed by atoms with E-state index in [9.17, 15) is 5.26 Å². The van der Waals surface area contributed by atoms with Crippen molar-refractivity contribution < 1.29 is 5.11 Å². The first-order valence-electron chi connectivity index (χ1n) is 6.66. The molecule has 5 heteroatoms. The third-order valence-electron chi connectivity index (χ3n) is 3.15. The second-order valence-electron chi connectivity index (χ2n) is 5.15. The Balaban J connectivity index is 3.19. The second-order valence-corrected chi connectivity index (χ2v) is 5.15. The van der Waals surface area contributed by atoms with Crippen LogP contribution in [0, 0.1) is 11.3 Å². The van der Waals surface area contributed by atoms with Gasteiger partial charge in [0.05, 0.1) is 5.69 Å². The molecule has 0 aliphatic heterocycles. The van der Waals surface area contributed by atoms with Gasteiger partial charge < -0.3 is 10.4 Å². The Bertz CT molecular complexity index is 477. The second kappa shape index (κ2) is 6.48. The molecule has 0 bridgehead atoms. The summed E-state index contributed by atoms with van der Waals surface area (Å²) in [7, 11) is 0. The van der Waals surface area contributed by atoms with Crippen molar-refractivity contribution in [3.8, 4) is 6.07 Å². The summed E-state index contributed by atoms with van der Waals surface area (Å²) < 4.78 is 0. The Kier molecular flexibility index (Phi) is 5.25. The van der Waals surface area contributed by atoms with E-state index in [1.54, 1.807) is 0 Å². The minimum absolute atomic E-state index is 0.0863. The third kappa shape index (κ3) is 3.65. The highest BCUT2D eigenvalue weighted by atomic mass is 16.3. The molecule has 2 N–H and O–H groups in total. The molecule has 0 radical (unpaired) electrons. The molecule has 0 amide bonds. The largest absolute Gasteiger partial charge is 0.396 e. The van der Waals surface area contributed by atoms with Gasteiger partial charge in [-0.3, -0.25) is 0 Å². The number of rotatable bonds is 6. The Hall–Kier alpha value is -1.67. The van der Waals surface area contributed by atoms with Gasteiger partial charge in [0.1, 0.15) is 11.6 Å². The maximum Gasteiger partial charge on any atom is 0.167 e. The van der Waals surface area contributed by atoms with Crippen molar-refractivity contribution >= 4 is 5.82 Å². The topological polar surface area (TPSA) is 81.8 Å². The minimum Gasteiger partial charge on any atom is -0.396 e. The van der Waals surface area contributed by atoms with E-state index >= 15 is 0 Å². The quantitative estimate of drug-likeness (QED) is 0.820. The lowest BCUT2D eigenvalue weighted by Gasteiger charge is -2.26. The van der Waals surface area contributed by atoms with Crippen molar-refractivity contribution in [2.45, 2.75) is 52.5 Å². The van der Waals surface area contributed by atoms with Crippen molar-refractivity contribution in [1.82, 2.24) is 10.2 Å². The lowest BCUT2D eigenvalue weighted by atomic mass is 9.99. The Morgan fingerprint density at radius 2 is 1.95 bits per heavy atom. The van der Waals surface area contributed by atoms with Gasteiger partial charge in [0, 0.05) is 12.1 Å². The van der Waals surface area contributed by atoms with E-state index in [2.05, 4.69) is 21.6 Å². The molecule has 1 aromatic rings. The monoisotopic (exact) mass is 262 g/mol. The van der Waals surface area contributed by atoms with E-state index in [1.807, 2.05) is 27.7 Å². The van der Waals surface area contributed by atoms with Crippen molar-refractivity contribution in [2.75, 3.05) is 11.9 Å². The molecule has 1 rings (SSSR count). The Morgan fingerprint density at radius 3 is 2.42 bits per heavy atom. The number of hydrogen-bond acceptors (Lipinski definition) is 5. The molecule has 19 heavy (non-hydrogen) atoms. The molecule has 104 valence electrons. The van der Waals surface area contributed by atoms with Gasteiger partial charge in [-0.2, -0.15) is 10.4 Å². The van der Waals surface area contributed by atoms with Gasteiger partial charge in [0.25, 0.3) is 0 Å². The molecule has 0 aromatic carbocycles. The number of aryl methyl sites for hydroxylation is 1. The zero-order chi connectivity index (χ0) is 14.5. The first-order chi connectivity index (χ1) is 8.99. The predicted octanol–water partition coefficient (Wildman–Crippen LogP) is 2.05. The van der Waals surface area contributed by atoms with Gasteiger partial charge in [-0.05, 0) is 38.7 Å². The van der Waals surface area contributed by atoms with Crippen molar-refractivity contribution in [1.29, 1.82) is 5.26 Å². The number of aliphatic hydroxyl groups excluding tert-OH is 1. The molecule has 0 unspecified atom stereocenters. The highest BCUT2D eigenvalue weighted by Crippen LogP contribution is 2.23. The van der Waals surface area contributed by atoms with Gasteiger partial charge in [-0.25, -0.2) is 0 Å². The summed E-state index contributed by atoms with van der Waals surface area (Å²) in [5, 5.41) is 30.0. The van der Waals surface area contributed by atoms with E-state index in [0.717, 1.165) is 24.1 Å². The van der Waals surface area contributed by atoms with Crippen LogP contribution in [0.3, 0.4) is 0 Å². The SMILES string of the molecule is CCc1nnc(NC(C)(C)CCO)c(C#N)c1CC. The van der Waals surface area contributed by atoms with Crippen molar-refractivity contribution in [3.63, 3.8) is 0 Å². The fraction of sp³-hybridized carbons (Fsp3) is 0.643. The van der Waals surface area contributed by atoms with E-state index < -0.39 is 0 Å². The average molecular weight is 262 g/mol.